The topological polar surface area (TPSA) is 54.8 Å². The molecular formula is C28H28F2N2O3. The highest BCUT2D eigenvalue weighted by Gasteiger charge is 2.34. The molecule has 0 radical (unpaired) electrons. The standard InChI is InChI=1S/C28H28F2N2O3/c1-34-25-7-2-8-26-22(25)17-19(21-6-3-13-31-27(21)35-26)5-4-14-32-15-11-28(33,12-16-32)20-9-10-23(29)24(30)18-20/h2-3,5-10,13,18,33H,4,11-12,14-17H2,1H3/b19-5-. The molecule has 3 aromatic rings. The van der Waals surface area contributed by atoms with Gasteiger partial charge in [-0.15, -0.1) is 0 Å². The number of piperidine rings is 1. The summed E-state index contributed by atoms with van der Waals surface area (Å²) in [5.41, 5.74) is 2.40. The summed E-state index contributed by atoms with van der Waals surface area (Å²) in [4.78, 5) is 6.73. The first-order valence-electron chi connectivity index (χ1n) is 11.9. The predicted molar refractivity (Wildman–Crippen MR) is 130 cm³/mol. The fourth-order valence-corrected chi connectivity index (χ4v) is 4.94. The van der Waals surface area contributed by atoms with Crippen molar-refractivity contribution < 1.29 is 23.4 Å². The van der Waals surface area contributed by atoms with Gasteiger partial charge in [-0.05, 0) is 66.8 Å². The molecule has 2 aliphatic heterocycles. The Morgan fingerprint density at radius 1 is 1.11 bits per heavy atom. The van der Waals surface area contributed by atoms with Crippen LogP contribution in [0.25, 0.3) is 5.57 Å². The molecule has 0 spiro atoms. The molecule has 1 aromatic heterocycles. The molecule has 2 aliphatic rings. The van der Waals surface area contributed by atoms with Crippen LogP contribution in [0.2, 0.25) is 0 Å². The van der Waals surface area contributed by atoms with Crippen LogP contribution in [0.1, 0.15) is 36.0 Å². The van der Waals surface area contributed by atoms with E-state index in [1.165, 1.54) is 6.07 Å². The largest absolute Gasteiger partial charge is 0.496 e. The molecule has 3 heterocycles. The average Bonchev–Trinajstić information content (AvgIpc) is 3.03. The molecule has 7 heteroatoms. The lowest BCUT2D eigenvalue weighted by Crippen LogP contribution is -2.42. The summed E-state index contributed by atoms with van der Waals surface area (Å²) in [5.74, 6) is 0.295. The molecular weight excluding hydrogens is 450 g/mol. The predicted octanol–water partition coefficient (Wildman–Crippen LogP) is 5.47. The summed E-state index contributed by atoms with van der Waals surface area (Å²) in [5, 5.41) is 11.0. The number of rotatable bonds is 5. The first kappa shape index (κ1) is 23.5. The van der Waals surface area contributed by atoms with Crippen molar-refractivity contribution in [1.82, 2.24) is 9.88 Å². The molecule has 2 aromatic carbocycles. The van der Waals surface area contributed by atoms with E-state index < -0.39 is 17.2 Å². The number of hydrogen-bond donors (Lipinski definition) is 1. The highest BCUT2D eigenvalue weighted by molar-refractivity contribution is 5.74. The number of halogens is 2. The lowest BCUT2D eigenvalue weighted by atomic mass is 9.84. The molecule has 0 saturated carbocycles. The summed E-state index contributed by atoms with van der Waals surface area (Å²) < 4.78 is 38.7. The van der Waals surface area contributed by atoms with Gasteiger partial charge in [0.05, 0.1) is 12.7 Å². The number of methoxy groups -OCH3 is 1. The quantitative estimate of drug-likeness (QED) is 0.527. The van der Waals surface area contributed by atoms with Gasteiger partial charge in [-0.1, -0.05) is 18.2 Å². The van der Waals surface area contributed by atoms with E-state index in [9.17, 15) is 13.9 Å². The van der Waals surface area contributed by atoms with Crippen molar-refractivity contribution in [2.75, 3.05) is 26.7 Å². The van der Waals surface area contributed by atoms with Gasteiger partial charge in [0.25, 0.3) is 0 Å². The second-order valence-corrected chi connectivity index (χ2v) is 9.09. The fraction of sp³-hybridized carbons (Fsp3) is 0.321. The summed E-state index contributed by atoms with van der Waals surface area (Å²) in [7, 11) is 1.66. The maximum atomic E-state index is 13.7. The minimum absolute atomic E-state index is 0.438. The second kappa shape index (κ2) is 9.76. The van der Waals surface area contributed by atoms with Gasteiger partial charge in [0.1, 0.15) is 11.5 Å². The van der Waals surface area contributed by atoms with Gasteiger partial charge in [-0.2, -0.15) is 0 Å². The first-order valence-corrected chi connectivity index (χ1v) is 11.9. The summed E-state index contributed by atoms with van der Waals surface area (Å²) >= 11 is 0. The third kappa shape index (κ3) is 4.79. The number of allylic oxidation sites excluding steroid dienone is 1. The van der Waals surface area contributed by atoms with E-state index in [1.807, 2.05) is 30.3 Å². The van der Waals surface area contributed by atoms with Crippen molar-refractivity contribution in [3.05, 3.63) is 89.1 Å². The Balaban J connectivity index is 1.28. The normalized spacial score (nSPS) is 18.3. The molecule has 5 rings (SSSR count). The van der Waals surface area contributed by atoms with E-state index in [-0.39, 0.29) is 0 Å². The summed E-state index contributed by atoms with van der Waals surface area (Å²) in [6.07, 6.45) is 6.39. The smallest absolute Gasteiger partial charge is 0.226 e. The minimum atomic E-state index is -1.13. The number of pyridine rings is 1. The molecule has 35 heavy (non-hydrogen) atoms. The number of likely N-dealkylation sites (tertiary alicyclic amines) is 1. The van der Waals surface area contributed by atoms with Crippen molar-refractivity contribution in [1.29, 1.82) is 0 Å². The SMILES string of the molecule is COc1cccc2c1C/C(=C/CCN1CCC(O)(c3ccc(F)c(F)c3)CC1)c1cccnc1O2. The molecule has 0 amide bonds. The second-order valence-electron chi connectivity index (χ2n) is 9.09. The zero-order chi connectivity index (χ0) is 24.4. The van der Waals surface area contributed by atoms with Crippen molar-refractivity contribution in [2.24, 2.45) is 0 Å². The van der Waals surface area contributed by atoms with Gasteiger partial charge < -0.3 is 19.5 Å². The Morgan fingerprint density at radius 2 is 1.94 bits per heavy atom. The van der Waals surface area contributed by atoms with Crippen LogP contribution in [-0.2, 0) is 12.0 Å². The van der Waals surface area contributed by atoms with Crippen molar-refractivity contribution in [3.8, 4) is 17.4 Å². The van der Waals surface area contributed by atoms with Crippen LogP contribution in [0, 0.1) is 11.6 Å². The maximum Gasteiger partial charge on any atom is 0.226 e. The van der Waals surface area contributed by atoms with Gasteiger partial charge in [0.2, 0.25) is 5.88 Å². The zero-order valence-electron chi connectivity index (χ0n) is 19.6. The molecule has 0 bridgehead atoms. The van der Waals surface area contributed by atoms with E-state index in [0.29, 0.717) is 43.8 Å². The van der Waals surface area contributed by atoms with E-state index in [1.54, 1.807) is 13.3 Å². The summed E-state index contributed by atoms with van der Waals surface area (Å²) in [6.45, 7) is 2.18. The van der Waals surface area contributed by atoms with Crippen LogP contribution >= 0.6 is 0 Å². The highest BCUT2D eigenvalue weighted by atomic mass is 19.2. The lowest BCUT2D eigenvalue weighted by Gasteiger charge is -2.38. The van der Waals surface area contributed by atoms with Crippen molar-refractivity contribution >= 4 is 5.57 Å². The average molecular weight is 479 g/mol. The van der Waals surface area contributed by atoms with E-state index in [0.717, 1.165) is 53.3 Å². The van der Waals surface area contributed by atoms with E-state index in [2.05, 4.69) is 16.0 Å². The van der Waals surface area contributed by atoms with E-state index >= 15 is 0 Å². The number of ether oxygens (including phenoxy) is 2. The van der Waals surface area contributed by atoms with E-state index in [4.69, 9.17) is 9.47 Å². The van der Waals surface area contributed by atoms with Crippen LogP contribution in [0.3, 0.4) is 0 Å². The number of aliphatic hydroxyl groups is 1. The molecule has 5 nitrogen and oxygen atoms in total. The highest BCUT2D eigenvalue weighted by Crippen LogP contribution is 2.41. The minimum Gasteiger partial charge on any atom is -0.496 e. The van der Waals surface area contributed by atoms with Gasteiger partial charge in [0.15, 0.2) is 11.6 Å². The Morgan fingerprint density at radius 3 is 2.71 bits per heavy atom. The molecule has 0 aliphatic carbocycles. The fourth-order valence-electron chi connectivity index (χ4n) is 4.94. The van der Waals surface area contributed by atoms with Gasteiger partial charge in [-0.25, -0.2) is 13.8 Å². The lowest BCUT2D eigenvalue weighted by molar-refractivity contribution is -0.0257. The third-order valence-corrected chi connectivity index (χ3v) is 6.98. The Bertz CT molecular complexity index is 1250. The number of hydrogen-bond acceptors (Lipinski definition) is 5. The number of aromatic nitrogens is 1. The summed E-state index contributed by atoms with van der Waals surface area (Å²) in [6, 6.07) is 13.4. The van der Waals surface area contributed by atoms with Gasteiger partial charge in [-0.3, -0.25) is 0 Å². The molecule has 0 unspecified atom stereocenters. The van der Waals surface area contributed by atoms with Crippen LogP contribution in [0.5, 0.6) is 17.4 Å². The van der Waals surface area contributed by atoms with Crippen LogP contribution in [0.15, 0.2) is 60.8 Å². The number of nitrogens with zero attached hydrogens (tertiary/aromatic N) is 2. The van der Waals surface area contributed by atoms with Gasteiger partial charge in [0, 0.05) is 43.4 Å². The molecule has 1 fully saturated rings. The maximum absolute atomic E-state index is 13.7. The Hall–Kier alpha value is -3.29. The Labute approximate surface area is 203 Å². The van der Waals surface area contributed by atoms with Crippen molar-refractivity contribution in [3.63, 3.8) is 0 Å². The van der Waals surface area contributed by atoms with Gasteiger partial charge >= 0.3 is 0 Å². The molecule has 1 N–H and O–H groups in total. The molecule has 0 atom stereocenters. The van der Waals surface area contributed by atoms with Crippen LogP contribution in [-0.4, -0.2) is 41.7 Å². The number of benzene rings is 2. The number of fused-ring (bicyclic) bond motifs is 2. The molecule has 182 valence electrons. The molecule has 1 saturated heterocycles. The third-order valence-electron chi connectivity index (χ3n) is 6.98. The van der Waals surface area contributed by atoms with Crippen LogP contribution in [0.4, 0.5) is 8.78 Å². The first-order chi connectivity index (χ1) is 17.0. The monoisotopic (exact) mass is 478 g/mol. The van der Waals surface area contributed by atoms with Crippen LogP contribution < -0.4 is 9.47 Å². The zero-order valence-corrected chi connectivity index (χ0v) is 19.6. The Kier molecular flexibility index (Phi) is 6.54. The van der Waals surface area contributed by atoms with Crippen molar-refractivity contribution in [2.45, 2.75) is 31.3 Å².